The summed E-state index contributed by atoms with van der Waals surface area (Å²) >= 11 is 5.89. The molecule has 0 radical (unpaired) electrons. The smallest absolute Gasteiger partial charge is 0.276 e. The predicted molar refractivity (Wildman–Crippen MR) is 106 cm³/mol. The lowest BCUT2D eigenvalue weighted by atomic mass is 10.1. The highest BCUT2D eigenvalue weighted by atomic mass is 35.5. The third-order valence-electron chi connectivity index (χ3n) is 4.78. The fraction of sp³-hybridized carbons (Fsp3) is 0.350. The summed E-state index contributed by atoms with van der Waals surface area (Å²) in [5.74, 6) is 0.979. The Morgan fingerprint density at radius 1 is 1.21 bits per heavy atom. The number of carbonyl (C=O) groups excluding carboxylic acids is 1. The lowest BCUT2D eigenvalue weighted by Crippen LogP contribution is -2.28. The molecule has 0 spiro atoms. The number of ether oxygens (including phenoxy) is 1. The quantitative estimate of drug-likeness (QED) is 0.626. The van der Waals surface area contributed by atoms with Crippen LogP contribution in [0.15, 0.2) is 28.8 Å². The van der Waals surface area contributed by atoms with E-state index in [1.807, 2.05) is 25.6 Å². The van der Waals surface area contributed by atoms with Crippen molar-refractivity contribution in [2.45, 2.75) is 33.9 Å². The number of rotatable bonds is 6. The van der Waals surface area contributed by atoms with Crippen molar-refractivity contribution in [2.75, 3.05) is 7.05 Å². The Kier molecular flexibility index (Phi) is 5.74. The number of hydrogen-bond acceptors (Lipinski definition) is 5. The molecule has 0 saturated heterocycles. The molecule has 7 nitrogen and oxygen atoms in total. The number of aromatic nitrogens is 3. The van der Waals surface area contributed by atoms with E-state index in [1.54, 1.807) is 43.1 Å². The van der Waals surface area contributed by atoms with E-state index >= 15 is 0 Å². The minimum atomic E-state index is -0.228. The first-order chi connectivity index (χ1) is 13.3. The number of halogens is 1. The molecule has 2 heterocycles. The van der Waals surface area contributed by atoms with Crippen molar-refractivity contribution < 1.29 is 14.1 Å². The molecule has 3 rings (SSSR count). The minimum absolute atomic E-state index is 0.177. The molecule has 0 aliphatic heterocycles. The SMILES string of the molecule is Cc1nn(C)c(C)c1CN(C)C(=O)c1noc(C)c1COc1ccc(Cl)cc1. The second-order valence-electron chi connectivity index (χ2n) is 6.74. The first-order valence-corrected chi connectivity index (χ1v) is 9.23. The van der Waals surface area contributed by atoms with Crippen LogP contribution >= 0.6 is 11.6 Å². The third-order valence-corrected chi connectivity index (χ3v) is 5.04. The number of nitrogens with zero attached hydrogens (tertiary/aromatic N) is 4. The van der Waals surface area contributed by atoms with Gasteiger partial charge < -0.3 is 14.2 Å². The van der Waals surface area contributed by atoms with E-state index in [9.17, 15) is 4.79 Å². The van der Waals surface area contributed by atoms with E-state index in [-0.39, 0.29) is 18.2 Å². The number of benzene rings is 1. The average molecular weight is 403 g/mol. The molecule has 0 atom stereocenters. The second kappa shape index (κ2) is 8.06. The molecular weight excluding hydrogens is 380 g/mol. The monoisotopic (exact) mass is 402 g/mol. The molecule has 0 bridgehead atoms. The normalized spacial score (nSPS) is 10.9. The number of carbonyl (C=O) groups is 1. The summed E-state index contributed by atoms with van der Waals surface area (Å²) in [4.78, 5) is 14.6. The van der Waals surface area contributed by atoms with Gasteiger partial charge in [0.05, 0.1) is 11.3 Å². The summed E-state index contributed by atoms with van der Waals surface area (Å²) in [5.41, 5.74) is 3.85. The minimum Gasteiger partial charge on any atom is -0.489 e. The van der Waals surface area contributed by atoms with Crippen LogP contribution in [-0.2, 0) is 20.2 Å². The summed E-state index contributed by atoms with van der Waals surface area (Å²) in [6, 6.07) is 7.03. The number of amides is 1. The van der Waals surface area contributed by atoms with Crippen molar-refractivity contribution in [1.29, 1.82) is 0 Å². The maximum atomic E-state index is 13.0. The van der Waals surface area contributed by atoms with Crippen molar-refractivity contribution in [1.82, 2.24) is 19.8 Å². The van der Waals surface area contributed by atoms with Crippen molar-refractivity contribution in [2.24, 2.45) is 7.05 Å². The molecule has 148 valence electrons. The van der Waals surface area contributed by atoms with Gasteiger partial charge in [-0.25, -0.2) is 0 Å². The van der Waals surface area contributed by atoms with Gasteiger partial charge in [-0.1, -0.05) is 16.8 Å². The molecule has 0 unspecified atom stereocenters. The zero-order valence-electron chi connectivity index (χ0n) is 16.6. The molecule has 0 aliphatic carbocycles. The molecule has 3 aromatic rings. The van der Waals surface area contributed by atoms with E-state index in [2.05, 4.69) is 10.3 Å². The van der Waals surface area contributed by atoms with Crippen LogP contribution in [0.25, 0.3) is 0 Å². The van der Waals surface area contributed by atoms with Gasteiger partial charge in [0, 0.05) is 36.9 Å². The van der Waals surface area contributed by atoms with Gasteiger partial charge in [-0.3, -0.25) is 9.48 Å². The fourth-order valence-electron chi connectivity index (χ4n) is 2.95. The van der Waals surface area contributed by atoms with Gasteiger partial charge >= 0.3 is 0 Å². The highest BCUT2D eigenvalue weighted by molar-refractivity contribution is 6.30. The van der Waals surface area contributed by atoms with Crippen LogP contribution in [-0.4, -0.2) is 32.8 Å². The van der Waals surface area contributed by atoms with Crippen LogP contribution in [0, 0.1) is 20.8 Å². The lowest BCUT2D eigenvalue weighted by Gasteiger charge is -2.17. The Bertz CT molecular complexity index is 992. The van der Waals surface area contributed by atoms with Gasteiger partial charge in [-0.15, -0.1) is 0 Å². The first-order valence-electron chi connectivity index (χ1n) is 8.86. The highest BCUT2D eigenvalue weighted by Crippen LogP contribution is 2.22. The summed E-state index contributed by atoms with van der Waals surface area (Å²) in [5, 5.41) is 9.00. The van der Waals surface area contributed by atoms with E-state index in [0.717, 1.165) is 17.0 Å². The maximum Gasteiger partial charge on any atom is 0.276 e. The lowest BCUT2D eigenvalue weighted by molar-refractivity contribution is 0.0772. The molecule has 2 aromatic heterocycles. The van der Waals surface area contributed by atoms with Gasteiger partial charge in [0.15, 0.2) is 5.69 Å². The van der Waals surface area contributed by atoms with Gasteiger partial charge in [0.2, 0.25) is 0 Å². The van der Waals surface area contributed by atoms with E-state index < -0.39 is 0 Å². The van der Waals surface area contributed by atoms with Gasteiger partial charge in [-0.2, -0.15) is 5.10 Å². The third kappa shape index (κ3) is 4.04. The van der Waals surface area contributed by atoms with E-state index in [0.29, 0.717) is 28.6 Å². The maximum absolute atomic E-state index is 13.0. The Balaban J connectivity index is 1.75. The second-order valence-corrected chi connectivity index (χ2v) is 7.18. The molecule has 1 aromatic carbocycles. The molecule has 0 aliphatic rings. The van der Waals surface area contributed by atoms with Crippen LogP contribution in [0.3, 0.4) is 0 Å². The summed E-state index contributed by atoms with van der Waals surface area (Å²) < 4.78 is 12.8. The summed E-state index contributed by atoms with van der Waals surface area (Å²) in [6.07, 6.45) is 0. The average Bonchev–Trinajstić information content (AvgIpc) is 3.14. The van der Waals surface area contributed by atoms with Gasteiger partial charge in [0.25, 0.3) is 5.91 Å². The highest BCUT2D eigenvalue weighted by Gasteiger charge is 2.24. The van der Waals surface area contributed by atoms with Crippen molar-refractivity contribution in [3.8, 4) is 5.75 Å². The molecule has 0 fully saturated rings. The molecule has 0 saturated carbocycles. The van der Waals surface area contributed by atoms with Crippen LogP contribution in [0.4, 0.5) is 0 Å². The predicted octanol–water partition coefficient (Wildman–Crippen LogP) is 3.84. The number of hydrogen-bond donors (Lipinski definition) is 0. The topological polar surface area (TPSA) is 73.4 Å². The fourth-order valence-corrected chi connectivity index (χ4v) is 3.08. The van der Waals surface area contributed by atoms with Crippen LogP contribution in [0.2, 0.25) is 5.02 Å². The van der Waals surface area contributed by atoms with E-state index in [4.69, 9.17) is 20.9 Å². The molecule has 1 amide bonds. The Morgan fingerprint density at radius 2 is 1.89 bits per heavy atom. The van der Waals surface area contributed by atoms with Crippen LogP contribution < -0.4 is 4.74 Å². The summed E-state index contributed by atoms with van der Waals surface area (Å²) in [7, 11) is 3.63. The van der Waals surface area contributed by atoms with Crippen molar-refractivity contribution >= 4 is 17.5 Å². The Labute approximate surface area is 168 Å². The van der Waals surface area contributed by atoms with Gasteiger partial charge in [-0.05, 0) is 45.0 Å². The zero-order valence-corrected chi connectivity index (χ0v) is 17.4. The van der Waals surface area contributed by atoms with Crippen LogP contribution in [0.1, 0.15) is 38.8 Å². The van der Waals surface area contributed by atoms with Crippen LogP contribution in [0.5, 0.6) is 5.75 Å². The largest absolute Gasteiger partial charge is 0.489 e. The van der Waals surface area contributed by atoms with E-state index in [1.165, 1.54) is 0 Å². The van der Waals surface area contributed by atoms with Gasteiger partial charge in [0.1, 0.15) is 18.1 Å². The Hall–Kier alpha value is -2.80. The number of aryl methyl sites for hydroxylation is 3. The molecule has 8 heteroatoms. The first kappa shape index (κ1) is 19.9. The standard InChI is InChI=1S/C20H23ClN4O3/c1-12-17(13(2)25(5)22-12)10-24(4)20(26)19-18(14(3)28-23-19)11-27-16-8-6-15(21)7-9-16/h6-9H,10-11H2,1-5H3. The molecule has 0 N–H and O–H groups in total. The zero-order chi connectivity index (χ0) is 20.4. The molecular formula is C20H23ClN4O3. The van der Waals surface area contributed by atoms with Crippen molar-refractivity contribution in [3.63, 3.8) is 0 Å². The summed E-state index contributed by atoms with van der Waals surface area (Å²) in [6.45, 7) is 6.30. The van der Waals surface area contributed by atoms with Crippen molar-refractivity contribution in [3.05, 3.63) is 63.3 Å². The Morgan fingerprint density at radius 3 is 2.50 bits per heavy atom. The molecule has 28 heavy (non-hydrogen) atoms.